The standard InChI is InChI=1S/C10H17F3N2/c11-10(12,13)7-15-5-3-9-8(6-15)2-1-4-14-9/h8-9,14H,1-7H2. The van der Waals surface area contributed by atoms with Gasteiger partial charge in [0.2, 0.25) is 0 Å². The molecule has 0 aromatic heterocycles. The van der Waals surface area contributed by atoms with Crippen molar-refractivity contribution in [3.8, 4) is 0 Å². The van der Waals surface area contributed by atoms with E-state index < -0.39 is 12.7 Å². The molecule has 0 saturated carbocycles. The van der Waals surface area contributed by atoms with Crippen LogP contribution in [0.2, 0.25) is 0 Å². The molecule has 5 heteroatoms. The third-order valence-electron chi connectivity index (χ3n) is 3.38. The van der Waals surface area contributed by atoms with Crippen LogP contribution in [0.4, 0.5) is 13.2 Å². The summed E-state index contributed by atoms with van der Waals surface area (Å²) in [6, 6.07) is 0.461. The minimum atomic E-state index is -4.05. The number of hydrogen-bond donors (Lipinski definition) is 1. The molecule has 2 nitrogen and oxygen atoms in total. The predicted octanol–water partition coefficient (Wildman–Crippen LogP) is 1.62. The van der Waals surface area contributed by atoms with E-state index in [1.54, 1.807) is 4.90 Å². The van der Waals surface area contributed by atoms with E-state index in [0.29, 0.717) is 25.0 Å². The van der Waals surface area contributed by atoms with Crippen LogP contribution in [0.5, 0.6) is 0 Å². The monoisotopic (exact) mass is 222 g/mol. The predicted molar refractivity (Wildman–Crippen MR) is 51.6 cm³/mol. The van der Waals surface area contributed by atoms with Gasteiger partial charge in [0.05, 0.1) is 6.54 Å². The molecule has 0 radical (unpaired) electrons. The van der Waals surface area contributed by atoms with E-state index in [9.17, 15) is 13.2 Å². The maximum absolute atomic E-state index is 12.2. The minimum absolute atomic E-state index is 0.426. The summed E-state index contributed by atoms with van der Waals surface area (Å²) in [7, 11) is 0. The first-order chi connectivity index (χ1) is 7.04. The van der Waals surface area contributed by atoms with Gasteiger partial charge in [-0.1, -0.05) is 0 Å². The summed E-state index contributed by atoms with van der Waals surface area (Å²) in [5, 5.41) is 3.40. The molecule has 2 saturated heterocycles. The molecule has 0 aromatic rings. The molecular formula is C10H17F3N2. The Bertz CT molecular complexity index is 217. The second kappa shape index (κ2) is 4.29. The molecule has 2 heterocycles. The summed E-state index contributed by atoms with van der Waals surface area (Å²) in [6.07, 6.45) is -1.01. The summed E-state index contributed by atoms with van der Waals surface area (Å²) in [5.74, 6) is 0.426. The summed E-state index contributed by atoms with van der Waals surface area (Å²) in [4.78, 5) is 1.55. The van der Waals surface area contributed by atoms with Crippen molar-refractivity contribution < 1.29 is 13.2 Å². The van der Waals surface area contributed by atoms with Crippen molar-refractivity contribution in [1.29, 1.82) is 0 Å². The maximum Gasteiger partial charge on any atom is 0.401 e. The normalized spacial score (nSPS) is 33.8. The number of nitrogens with one attached hydrogen (secondary N) is 1. The summed E-state index contributed by atoms with van der Waals surface area (Å²) < 4.78 is 36.6. The second-order valence-electron chi connectivity index (χ2n) is 4.60. The SMILES string of the molecule is FC(F)(F)CN1CCC2NCCCC2C1. The van der Waals surface area contributed by atoms with Gasteiger partial charge < -0.3 is 5.32 Å². The van der Waals surface area contributed by atoms with Crippen molar-refractivity contribution in [1.82, 2.24) is 10.2 Å². The molecule has 0 bridgehead atoms. The highest BCUT2D eigenvalue weighted by atomic mass is 19.4. The van der Waals surface area contributed by atoms with Gasteiger partial charge in [0.25, 0.3) is 0 Å². The van der Waals surface area contributed by atoms with Gasteiger partial charge in [-0.05, 0) is 38.3 Å². The van der Waals surface area contributed by atoms with Crippen LogP contribution in [0.15, 0.2) is 0 Å². The van der Waals surface area contributed by atoms with Crippen molar-refractivity contribution in [2.75, 3.05) is 26.2 Å². The average molecular weight is 222 g/mol. The molecule has 0 amide bonds. The number of alkyl halides is 3. The van der Waals surface area contributed by atoms with Gasteiger partial charge in [-0.2, -0.15) is 13.2 Å². The lowest BCUT2D eigenvalue weighted by molar-refractivity contribution is -0.150. The highest BCUT2D eigenvalue weighted by molar-refractivity contribution is 4.88. The molecule has 2 fully saturated rings. The zero-order valence-corrected chi connectivity index (χ0v) is 8.69. The Morgan fingerprint density at radius 1 is 1.27 bits per heavy atom. The molecule has 2 aliphatic rings. The van der Waals surface area contributed by atoms with E-state index in [-0.39, 0.29) is 0 Å². The fraction of sp³-hybridized carbons (Fsp3) is 1.00. The number of fused-ring (bicyclic) bond motifs is 1. The Hall–Kier alpha value is -0.290. The summed E-state index contributed by atoms with van der Waals surface area (Å²) >= 11 is 0. The van der Waals surface area contributed by atoms with E-state index in [0.717, 1.165) is 25.8 Å². The van der Waals surface area contributed by atoms with Crippen LogP contribution in [0.3, 0.4) is 0 Å². The van der Waals surface area contributed by atoms with E-state index in [1.807, 2.05) is 0 Å². The molecule has 15 heavy (non-hydrogen) atoms. The van der Waals surface area contributed by atoms with Gasteiger partial charge in [-0.15, -0.1) is 0 Å². The molecule has 88 valence electrons. The Labute approximate surface area is 87.8 Å². The minimum Gasteiger partial charge on any atom is -0.314 e. The van der Waals surface area contributed by atoms with Crippen LogP contribution in [-0.4, -0.2) is 43.3 Å². The first-order valence-electron chi connectivity index (χ1n) is 5.57. The van der Waals surface area contributed by atoms with Gasteiger partial charge in [0.15, 0.2) is 0 Å². The fourth-order valence-electron chi connectivity index (χ4n) is 2.72. The number of piperidine rings is 2. The zero-order chi connectivity index (χ0) is 10.9. The molecule has 0 aliphatic carbocycles. The van der Waals surface area contributed by atoms with E-state index >= 15 is 0 Å². The molecule has 2 aliphatic heterocycles. The van der Waals surface area contributed by atoms with Crippen molar-refractivity contribution in [2.45, 2.75) is 31.5 Å². The third kappa shape index (κ3) is 3.08. The molecule has 1 N–H and O–H groups in total. The topological polar surface area (TPSA) is 15.3 Å². The van der Waals surface area contributed by atoms with Gasteiger partial charge in [-0.3, -0.25) is 4.90 Å². The maximum atomic E-state index is 12.2. The molecule has 2 unspecified atom stereocenters. The van der Waals surface area contributed by atoms with E-state index in [1.165, 1.54) is 0 Å². The number of rotatable bonds is 1. The Kier molecular flexibility index (Phi) is 3.21. The van der Waals surface area contributed by atoms with Crippen LogP contribution in [0.25, 0.3) is 0 Å². The van der Waals surface area contributed by atoms with Crippen LogP contribution >= 0.6 is 0 Å². The van der Waals surface area contributed by atoms with Gasteiger partial charge >= 0.3 is 6.18 Å². The van der Waals surface area contributed by atoms with Gasteiger partial charge in [0.1, 0.15) is 0 Å². The molecule has 2 atom stereocenters. The molecule has 2 rings (SSSR count). The van der Waals surface area contributed by atoms with Crippen molar-refractivity contribution in [3.63, 3.8) is 0 Å². The van der Waals surface area contributed by atoms with Gasteiger partial charge in [0, 0.05) is 12.6 Å². The average Bonchev–Trinajstić information content (AvgIpc) is 2.15. The van der Waals surface area contributed by atoms with Crippen LogP contribution < -0.4 is 5.32 Å². The Balaban J connectivity index is 1.85. The van der Waals surface area contributed by atoms with Crippen LogP contribution in [0.1, 0.15) is 19.3 Å². The lowest BCUT2D eigenvalue weighted by Gasteiger charge is -2.41. The lowest BCUT2D eigenvalue weighted by atomic mass is 9.85. The van der Waals surface area contributed by atoms with Crippen molar-refractivity contribution >= 4 is 0 Å². The smallest absolute Gasteiger partial charge is 0.314 e. The third-order valence-corrected chi connectivity index (χ3v) is 3.38. The van der Waals surface area contributed by atoms with Crippen molar-refractivity contribution in [3.05, 3.63) is 0 Å². The van der Waals surface area contributed by atoms with Crippen molar-refractivity contribution in [2.24, 2.45) is 5.92 Å². The molecule has 0 aromatic carbocycles. The van der Waals surface area contributed by atoms with Crippen LogP contribution in [-0.2, 0) is 0 Å². The summed E-state index contributed by atoms with van der Waals surface area (Å²) in [5.41, 5.74) is 0. The Morgan fingerprint density at radius 3 is 2.80 bits per heavy atom. The highest BCUT2D eigenvalue weighted by Crippen LogP contribution is 2.27. The van der Waals surface area contributed by atoms with Crippen LogP contribution in [0, 0.1) is 5.92 Å². The van der Waals surface area contributed by atoms with Gasteiger partial charge in [-0.25, -0.2) is 0 Å². The number of likely N-dealkylation sites (tertiary alicyclic amines) is 1. The second-order valence-corrected chi connectivity index (χ2v) is 4.60. The quantitative estimate of drug-likeness (QED) is 0.725. The highest BCUT2D eigenvalue weighted by Gasteiger charge is 2.36. The number of hydrogen-bond acceptors (Lipinski definition) is 2. The molecular weight excluding hydrogens is 205 g/mol. The Morgan fingerprint density at radius 2 is 2.07 bits per heavy atom. The zero-order valence-electron chi connectivity index (χ0n) is 8.69. The van der Waals surface area contributed by atoms with E-state index in [4.69, 9.17) is 0 Å². The molecule has 0 spiro atoms. The summed E-state index contributed by atoms with van der Waals surface area (Å²) in [6.45, 7) is 1.47. The first-order valence-corrected chi connectivity index (χ1v) is 5.57. The number of halogens is 3. The number of nitrogens with zero attached hydrogens (tertiary/aromatic N) is 1. The van der Waals surface area contributed by atoms with E-state index in [2.05, 4.69) is 5.32 Å². The largest absolute Gasteiger partial charge is 0.401 e. The first kappa shape index (κ1) is 11.2. The lowest BCUT2D eigenvalue weighted by Crippen LogP contribution is -2.53. The fourth-order valence-corrected chi connectivity index (χ4v) is 2.72.